The predicted octanol–water partition coefficient (Wildman–Crippen LogP) is 3.19. The van der Waals surface area contributed by atoms with E-state index in [2.05, 4.69) is 0 Å². The van der Waals surface area contributed by atoms with Crippen molar-refractivity contribution in [2.24, 2.45) is 0 Å². The molecule has 0 N–H and O–H groups in total. The fourth-order valence-corrected chi connectivity index (χ4v) is 2.97. The Hall–Kier alpha value is -2.53. The molecule has 1 saturated heterocycles. The summed E-state index contributed by atoms with van der Waals surface area (Å²) in [7, 11) is 3.22. The molecule has 1 aliphatic heterocycles. The minimum Gasteiger partial charge on any atom is -0.493 e. The van der Waals surface area contributed by atoms with Crippen molar-refractivity contribution >= 4 is 5.91 Å². The second kappa shape index (κ2) is 8.03. The number of nitrogens with zero attached hydrogens (tertiary/aromatic N) is 1. The normalized spacial score (nSPS) is 16.7. The zero-order chi connectivity index (χ0) is 17.6. The quantitative estimate of drug-likeness (QED) is 0.810. The van der Waals surface area contributed by atoms with E-state index < -0.39 is 0 Å². The van der Waals surface area contributed by atoms with Gasteiger partial charge in [-0.3, -0.25) is 4.79 Å². The lowest BCUT2D eigenvalue weighted by atomic mass is 10.1. The van der Waals surface area contributed by atoms with Crippen LogP contribution in [0.1, 0.15) is 23.7 Å². The number of methoxy groups -OCH3 is 2. The minimum absolute atomic E-state index is 0.0359. The summed E-state index contributed by atoms with van der Waals surface area (Å²) in [6.45, 7) is 0.957. The highest BCUT2D eigenvalue weighted by Crippen LogP contribution is 2.28. The topological polar surface area (TPSA) is 48.0 Å². The molecule has 0 aromatic heterocycles. The summed E-state index contributed by atoms with van der Waals surface area (Å²) in [6.07, 6.45) is 1.07. The molecular weight excluding hydrogens is 318 g/mol. The van der Waals surface area contributed by atoms with Gasteiger partial charge in [-0.25, -0.2) is 0 Å². The first-order valence-corrected chi connectivity index (χ1v) is 8.36. The van der Waals surface area contributed by atoms with Crippen LogP contribution in [-0.4, -0.2) is 38.3 Å². The SMILES string of the molecule is COc1ccc(CCC(=O)N2COC(c3ccccc3)C2)cc1OC. The Morgan fingerprint density at radius 1 is 1.12 bits per heavy atom. The maximum Gasteiger partial charge on any atom is 0.224 e. The minimum atomic E-state index is -0.0359. The molecule has 0 saturated carbocycles. The second-order valence-corrected chi connectivity index (χ2v) is 6.00. The second-order valence-electron chi connectivity index (χ2n) is 6.00. The lowest BCUT2D eigenvalue weighted by Gasteiger charge is -2.15. The molecule has 1 amide bonds. The summed E-state index contributed by atoms with van der Waals surface area (Å²) in [4.78, 5) is 14.2. The van der Waals surface area contributed by atoms with Gasteiger partial charge in [0.05, 0.1) is 20.8 Å². The van der Waals surface area contributed by atoms with Gasteiger partial charge in [-0.2, -0.15) is 0 Å². The molecule has 25 heavy (non-hydrogen) atoms. The van der Waals surface area contributed by atoms with Crippen LogP contribution in [0.15, 0.2) is 48.5 Å². The smallest absolute Gasteiger partial charge is 0.224 e. The van der Waals surface area contributed by atoms with Crippen molar-refractivity contribution in [3.8, 4) is 11.5 Å². The van der Waals surface area contributed by atoms with Crippen LogP contribution in [-0.2, 0) is 16.0 Å². The van der Waals surface area contributed by atoms with Gasteiger partial charge in [0.1, 0.15) is 12.8 Å². The summed E-state index contributed by atoms with van der Waals surface area (Å²) in [6, 6.07) is 15.7. The predicted molar refractivity (Wildman–Crippen MR) is 94.7 cm³/mol. The van der Waals surface area contributed by atoms with E-state index in [0.717, 1.165) is 11.1 Å². The van der Waals surface area contributed by atoms with Crippen LogP contribution in [0.5, 0.6) is 11.5 Å². The molecule has 132 valence electrons. The van der Waals surface area contributed by atoms with Gasteiger partial charge in [0, 0.05) is 6.42 Å². The largest absolute Gasteiger partial charge is 0.493 e. The maximum absolute atomic E-state index is 12.5. The summed E-state index contributed by atoms with van der Waals surface area (Å²) < 4.78 is 16.3. The average molecular weight is 341 g/mol. The van der Waals surface area contributed by atoms with E-state index in [4.69, 9.17) is 14.2 Å². The average Bonchev–Trinajstić information content (AvgIpc) is 3.17. The molecule has 0 aliphatic carbocycles. The van der Waals surface area contributed by atoms with Crippen molar-refractivity contribution in [1.82, 2.24) is 4.90 Å². The van der Waals surface area contributed by atoms with Crippen molar-refractivity contribution in [2.75, 3.05) is 27.5 Å². The Labute approximate surface area is 148 Å². The molecule has 1 unspecified atom stereocenters. The molecule has 1 heterocycles. The molecule has 0 bridgehead atoms. The first-order chi connectivity index (χ1) is 12.2. The van der Waals surface area contributed by atoms with Gasteiger partial charge >= 0.3 is 0 Å². The first-order valence-electron chi connectivity index (χ1n) is 8.36. The number of hydrogen-bond donors (Lipinski definition) is 0. The molecule has 2 aromatic carbocycles. The standard InChI is InChI=1S/C20H23NO4/c1-23-17-10-8-15(12-18(17)24-2)9-11-20(22)21-13-19(25-14-21)16-6-4-3-5-7-16/h3-8,10,12,19H,9,11,13-14H2,1-2H3. The van der Waals surface area contributed by atoms with Crippen molar-refractivity contribution in [2.45, 2.75) is 18.9 Å². The number of ether oxygens (including phenoxy) is 3. The lowest BCUT2D eigenvalue weighted by Crippen LogP contribution is -2.28. The molecular formula is C20H23NO4. The molecule has 1 aliphatic rings. The summed E-state index contributed by atoms with van der Waals surface area (Å²) in [5.74, 6) is 1.48. The van der Waals surface area contributed by atoms with Crippen molar-refractivity contribution in [1.29, 1.82) is 0 Å². The Morgan fingerprint density at radius 2 is 1.88 bits per heavy atom. The van der Waals surface area contributed by atoms with E-state index in [1.807, 2.05) is 48.5 Å². The number of aryl methyl sites for hydroxylation is 1. The number of benzene rings is 2. The summed E-state index contributed by atoms with van der Waals surface area (Å²) >= 11 is 0. The lowest BCUT2D eigenvalue weighted by molar-refractivity contribution is -0.131. The fraction of sp³-hybridized carbons (Fsp3) is 0.350. The van der Waals surface area contributed by atoms with Crippen molar-refractivity contribution in [3.63, 3.8) is 0 Å². The van der Waals surface area contributed by atoms with Crippen molar-refractivity contribution in [3.05, 3.63) is 59.7 Å². The fourth-order valence-electron chi connectivity index (χ4n) is 2.97. The van der Waals surface area contributed by atoms with Crippen LogP contribution >= 0.6 is 0 Å². The highest BCUT2D eigenvalue weighted by atomic mass is 16.5. The number of amides is 1. The van der Waals surface area contributed by atoms with Gasteiger partial charge < -0.3 is 19.1 Å². The van der Waals surface area contributed by atoms with Gasteiger partial charge in [-0.15, -0.1) is 0 Å². The van der Waals surface area contributed by atoms with Gasteiger partial charge in [0.25, 0.3) is 0 Å². The Balaban J connectivity index is 1.55. The Bertz CT molecular complexity index is 717. The molecule has 5 nitrogen and oxygen atoms in total. The van der Waals surface area contributed by atoms with E-state index in [1.165, 1.54) is 0 Å². The maximum atomic E-state index is 12.5. The van der Waals surface area contributed by atoms with E-state index in [9.17, 15) is 4.79 Å². The molecule has 5 heteroatoms. The molecule has 1 fully saturated rings. The van der Waals surface area contributed by atoms with Crippen LogP contribution in [0.25, 0.3) is 0 Å². The zero-order valence-electron chi connectivity index (χ0n) is 14.6. The first kappa shape index (κ1) is 17.3. The molecule has 2 aromatic rings. The van der Waals surface area contributed by atoms with Gasteiger partial charge in [-0.05, 0) is 29.7 Å². The molecule has 3 rings (SSSR count). The summed E-state index contributed by atoms with van der Waals surface area (Å²) in [5.41, 5.74) is 2.16. The molecule has 1 atom stereocenters. The molecule has 0 spiro atoms. The van der Waals surface area contributed by atoms with Crippen LogP contribution in [0.2, 0.25) is 0 Å². The number of hydrogen-bond acceptors (Lipinski definition) is 4. The highest BCUT2D eigenvalue weighted by Gasteiger charge is 2.27. The summed E-state index contributed by atoms with van der Waals surface area (Å²) in [5, 5.41) is 0. The molecule has 0 radical (unpaired) electrons. The van der Waals surface area contributed by atoms with Crippen LogP contribution in [0.3, 0.4) is 0 Å². The number of rotatable bonds is 6. The monoisotopic (exact) mass is 341 g/mol. The van der Waals surface area contributed by atoms with Gasteiger partial charge in [0.2, 0.25) is 5.91 Å². The van der Waals surface area contributed by atoms with E-state index in [1.54, 1.807) is 19.1 Å². The third-order valence-corrected chi connectivity index (χ3v) is 4.42. The number of carbonyl (C=O) groups excluding carboxylic acids is 1. The Kier molecular flexibility index (Phi) is 5.56. The highest BCUT2D eigenvalue weighted by molar-refractivity contribution is 5.76. The van der Waals surface area contributed by atoms with Gasteiger partial charge in [0.15, 0.2) is 11.5 Å². The third-order valence-electron chi connectivity index (χ3n) is 4.42. The third kappa shape index (κ3) is 4.12. The van der Waals surface area contributed by atoms with Crippen LogP contribution < -0.4 is 9.47 Å². The zero-order valence-corrected chi connectivity index (χ0v) is 14.6. The Morgan fingerprint density at radius 3 is 2.60 bits per heavy atom. The van der Waals surface area contributed by atoms with Crippen molar-refractivity contribution < 1.29 is 19.0 Å². The van der Waals surface area contributed by atoms with Crippen LogP contribution in [0, 0.1) is 0 Å². The van der Waals surface area contributed by atoms with E-state index >= 15 is 0 Å². The van der Waals surface area contributed by atoms with Gasteiger partial charge in [-0.1, -0.05) is 36.4 Å². The van der Waals surface area contributed by atoms with E-state index in [0.29, 0.717) is 37.6 Å². The van der Waals surface area contributed by atoms with Crippen LogP contribution in [0.4, 0.5) is 0 Å². The number of carbonyl (C=O) groups is 1. The van der Waals surface area contributed by atoms with E-state index in [-0.39, 0.29) is 12.0 Å².